The smallest absolute Gasteiger partial charge is 0.332 e. The standard InChI is InChI=1S/C20H26N4O3/c1-2-23-19(26)17(16(25)14-22-11-7-4-8-12-22)18(21)24(20(23)27)13-15-9-5-3-6-10-15/h3,5-6,9-10H,2,4,7-8,11-14,21H2,1H3. The van der Waals surface area contributed by atoms with Crippen molar-refractivity contribution in [3.8, 4) is 0 Å². The van der Waals surface area contributed by atoms with E-state index in [1.54, 1.807) is 6.92 Å². The van der Waals surface area contributed by atoms with Gasteiger partial charge in [-0.25, -0.2) is 4.79 Å². The number of hydrogen-bond acceptors (Lipinski definition) is 5. The molecule has 0 atom stereocenters. The Morgan fingerprint density at radius 3 is 2.33 bits per heavy atom. The van der Waals surface area contributed by atoms with Gasteiger partial charge in [-0.05, 0) is 38.4 Å². The average Bonchev–Trinajstić information content (AvgIpc) is 2.67. The van der Waals surface area contributed by atoms with Crippen LogP contribution in [0.15, 0.2) is 39.9 Å². The van der Waals surface area contributed by atoms with Crippen LogP contribution >= 0.6 is 0 Å². The fourth-order valence-electron chi connectivity index (χ4n) is 3.57. The van der Waals surface area contributed by atoms with Gasteiger partial charge in [0.1, 0.15) is 11.4 Å². The first-order valence-electron chi connectivity index (χ1n) is 9.45. The van der Waals surface area contributed by atoms with Crippen molar-refractivity contribution < 1.29 is 4.79 Å². The first-order chi connectivity index (χ1) is 13.0. The summed E-state index contributed by atoms with van der Waals surface area (Å²) >= 11 is 0. The van der Waals surface area contributed by atoms with Crippen LogP contribution in [0.3, 0.4) is 0 Å². The third-order valence-corrected chi connectivity index (χ3v) is 5.06. The van der Waals surface area contributed by atoms with E-state index >= 15 is 0 Å². The van der Waals surface area contributed by atoms with E-state index < -0.39 is 11.2 Å². The second-order valence-electron chi connectivity index (χ2n) is 6.92. The molecule has 144 valence electrons. The third kappa shape index (κ3) is 4.03. The number of likely N-dealkylation sites (tertiary alicyclic amines) is 1. The van der Waals surface area contributed by atoms with Gasteiger partial charge in [0, 0.05) is 6.54 Å². The van der Waals surface area contributed by atoms with Gasteiger partial charge in [-0.2, -0.15) is 0 Å². The number of nitrogens with zero attached hydrogens (tertiary/aromatic N) is 3. The van der Waals surface area contributed by atoms with Crippen LogP contribution in [-0.4, -0.2) is 39.5 Å². The average molecular weight is 370 g/mol. The number of aromatic nitrogens is 2. The van der Waals surface area contributed by atoms with Crippen LogP contribution in [0.5, 0.6) is 0 Å². The summed E-state index contributed by atoms with van der Waals surface area (Å²) in [4.78, 5) is 40.4. The fourth-order valence-corrected chi connectivity index (χ4v) is 3.57. The third-order valence-electron chi connectivity index (χ3n) is 5.06. The summed E-state index contributed by atoms with van der Waals surface area (Å²) in [7, 11) is 0. The van der Waals surface area contributed by atoms with E-state index in [-0.39, 0.29) is 36.8 Å². The molecule has 1 aliphatic rings. The predicted octanol–water partition coefficient (Wildman–Crippen LogP) is 1.33. The Morgan fingerprint density at radius 1 is 1.04 bits per heavy atom. The minimum absolute atomic E-state index is 0.0411. The molecular weight excluding hydrogens is 344 g/mol. The second-order valence-corrected chi connectivity index (χ2v) is 6.92. The number of piperidine rings is 1. The van der Waals surface area contributed by atoms with Gasteiger partial charge in [0.05, 0.1) is 13.1 Å². The molecule has 2 aromatic rings. The number of carbonyl (C=O) groups is 1. The summed E-state index contributed by atoms with van der Waals surface area (Å²) in [5.74, 6) is -0.357. The summed E-state index contributed by atoms with van der Waals surface area (Å²) in [6.45, 7) is 3.97. The minimum Gasteiger partial charge on any atom is -0.384 e. The summed E-state index contributed by atoms with van der Waals surface area (Å²) in [6.07, 6.45) is 3.27. The Hall–Kier alpha value is -2.67. The molecule has 0 unspecified atom stereocenters. The molecule has 2 N–H and O–H groups in total. The molecule has 3 rings (SSSR count). The van der Waals surface area contributed by atoms with Crippen LogP contribution in [0, 0.1) is 0 Å². The van der Waals surface area contributed by atoms with Gasteiger partial charge in [-0.3, -0.25) is 23.6 Å². The van der Waals surface area contributed by atoms with E-state index in [9.17, 15) is 14.4 Å². The van der Waals surface area contributed by atoms with Crippen molar-refractivity contribution in [2.75, 3.05) is 25.4 Å². The highest BCUT2D eigenvalue weighted by atomic mass is 16.2. The molecule has 0 amide bonds. The first-order valence-corrected chi connectivity index (χ1v) is 9.45. The monoisotopic (exact) mass is 370 g/mol. The lowest BCUT2D eigenvalue weighted by Gasteiger charge is -2.26. The molecule has 1 fully saturated rings. The van der Waals surface area contributed by atoms with Gasteiger partial charge in [-0.1, -0.05) is 36.8 Å². The molecule has 1 aromatic carbocycles. The van der Waals surface area contributed by atoms with Gasteiger partial charge in [0.25, 0.3) is 5.56 Å². The van der Waals surface area contributed by atoms with Crippen LogP contribution < -0.4 is 17.0 Å². The Morgan fingerprint density at radius 2 is 1.70 bits per heavy atom. The number of nitrogens with two attached hydrogens (primary N) is 1. The number of carbonyl (C=O) groups excluding carboxylic acids is 1. The van der Waals surface area contributed by atoms with Crippen molar-refractivity contribution in [1.82, 2.24) is 14.0 Å². The van der Waals surface area contributed by atoms with E-state index in [2.05, 4.69) is 0 Å². The van der Waals surface area contributed by atoms with E-state index in [1.165, 1.54) is 4.57 Å². The fraction of sp³-hybridized carbons (Fsp3) is 0.450. The van der Waals surface area contributed by atoms with Crippen molar-refractivity contribution in [3.05, 3.63) is 62.3 Å². The lowest BCUT2D eigenvalue weighted by Crippen LogP contribution is -2.45. The lowest BCUT2D eigenvalue weighted by molar-refractivity contribution is 0.0913. The van der Waals surface area contributed by atoms with Gasteiger partial charge >= 0.3 is 5.69 Å². The van der Waals surface area contributed by atoms with Crippen LogP contribution in [0.2, 0.25) is 0 Å². The lowest BCUT2D eigenvalue weighted by atomic mass is 10.1. The largest absolute Gasteiger partial charge is 0.384 e. The van der Waals surface area contributed by atoms with Crippen LogP contribution in [0.1, 0.15) is 42.1 Å². The highest BCUT2D eigenvalue weighted by Gasteiger charge is 2.24. The maximum Gasteiger partial charge on any atom is 0.332 e. The molecule has 1 aromatic heterocycles. The van der Waals surface area contributed by atoms with E-state index in [0.29, 0.717) is 0 Å². The molecule has 0 radical (unpaired) electrons. The van der Waals surface area contributed by atoms with Gasteiger partial charge < -0.3 is 5.73 Å². The van der Waals surface area contributed by atoms with Crippen molar-refractivity contribution in [2.24, 2.45) is 0 Å². The zero-order chi connectivity index (χ0) is 19.4. The quantitative estimate of drug-likeness (QED) is 0.775. The molecule has 0 spiro atoms. The van der Waals surface area contributed by atoms with E-state index in [4.69, 9.17) is 5.73 Å². The van der Waals surface area contributed by atoms with Crippen molar-refractivity contribution >= 4 is 11.6 Å². The van der Waals surface area contributed by atoms with Gasteiger partial charge in [0.2, 0.25) is 0 Å². The number of anilines is 1. The van der Waals surface area contributed by atoms with Crippen molar-refractivity contribution in [2.45, 2.75) is 39.3 Å². The molecular formula is C20H26N4O3. The SMILES string of the molecule is CCn1c(=O)c(C(=O)CN2CCCCC2)c(N)n(Cc2ccccc2)c1=O. The summed E-state index contributed by atoms with van der Waals surface area (Å²) < 4.78 is 2.41. The van der Waals surface area contributed by atoms with Crippen LogP contribution in [0.25, 0.3) is 0 Å². The van der Waals surface area contributed by atoms with Gasteiger partial charge in [-0.15, -0.1) is 0 Å². The summed E-state index contributed by atoms with van der Waals surface area (Å²) in [5, 5.41) is 0. The number of benzene rings is 1. The minimum atomic E-state index is -0.591. The number of Topliss-reactive ketones (excluding diaryl/α,β-unsaturated/α-hetero) is 1. The highest BCUT2D eigenvalue weighted by molar-refractivity contribution is 6.01. The number of ketones is 1. The molecule has 0 bridgehead atoms. The van der Waals surface area contributed by atoms with Crippen LogP contribution in [-0.2, 0) is 13.1 Å². The normalized spacial score (nSPS) is 15.0. The summed E-state index contributed by atoms with van der Waals surface area (Å²) in [6, 6.07) is 9.38. The Kier molecular flexibility index (Phi) is 5.91. The molecule has 27 heavy (non-hydrogen) atoms. The predicted molar refractivity (Wildman–Crippen MR) is 105 cm³/mol. The summed E-state index contributed by atoms with van der Waals surface area (Å²) in [5.41, 5.74) is 5.90. The maximum absolute atomic E-state index is 12.9. The number of hydrogen-bond donors (Lipinski definition) is 1. The topological polar surface area (TPSA) is 90.3 Å². The van der Waals surface area contributed by atoms with Gasteiger partial charge in [0.15, 0.2) is 5.78 Å². The van der Waals surface area contributed by atoms with E-state index in [0.717, 1.165) is 42.5 Å². The van der Waals surface area contributed by atoms with Crippen molar-refractivity contribution in [3.63, 3.8) is 0 Å². The Balaban J connectivity index is 2.02. The van der Waals surface area contributed by atoms with Crippen molar-refractivity contribution in [1.29, 1.82) is 0 Å². The molecule has 0 aliphatic carbocycles. The van der Waals surface area contributed by atoms with Crippen LogP contribution in [0.4, 0.5) is 5.82 Å². The zero-order valence-corrected chi connectivity index (χ0v) is 15.7. The number of rotatable bonds is 6. The molecule has 7 nitrogen and oxygen atoms in total. The molecule has 0 saturated carbocycles. The maximum atomic E-state index is 12.9. The molecule has 1 saturated heterocycles. The second kappa shape index (κ2) is 8.35. The zero-order valence-electron chi connectivity index (χ0n) is 15.7. The van der Waals surface area contributed by atoms with E-state index in [1.807, 2.05) is 35.2 Å². The Labute approximate surface area is 158 Å². The molecule has 1 aliphatic heterocycles. The number of nitrogen functional groups attached to an aromatic ring is 1. The Bertz CT molecular complexity index is 925. The molecule has 2 heterocycles. The molecule has 7 heteroatoms. The highest BCUT2D eigenvalue weighted by Crippen LogP contribution is 2.13. The first kappa shape index (κ1) is 19.1.